The Labute approximate surface area is 101 Å². The van der Waals surface area contributed by atoms with Crippen molar-refractivity contribution in [1.29, 1.82) is 0 Å². The summed E-state index contributed by atoms with van der Waals surface area (Å²) in [5.41, 5.74) is 0. The fraction of sp³-hybridized carbons (Fsp3) is 0.818. The number of methoxy groups -OCH3 is 1. The first-order chi connectivity index (χ1) is 8.13. The van der Waals surface area contributed by atoms with Crippen molar-refractivity contribution in [2.24, 2.45) is 5.92 Å². The molecule has 1 amide bonds. The first kappa shape index (κ1) is 13.9. The molecule has 0 bridgehead atoms. The molecule has 0 aliphatic carbocycles. The van der Waals surface area contributed by atoms with Gasteiger partial charge >= 0.3 is 5.97 Å². The highest BCUT2D eigenvalue weighted by Gasteiger charge is 2.20. The van der Waals surface area contributed by atoms with Crippen LogP contribution in [0.1, 0.15) is 19.3 Å². The summed E-state index contributed by atoms with van der Waals surface area (Å²) in [6, 6.07) is 0. The molecule has 1 heterocycles. The molecule has 0 spiro atoms. The number of carboxylic acid groups (broad SMARTS) is 1. The molecule has 2 unspecified atom stereocenters. The number of carbonyl (C=O) groups excluding carboxylic acids is 1. The number of amides is 1. The zero-order valence-electron chi connectivity index (χ0n) is 10.1. The predicted octanol–water partition coefficient (Wildman–Crippen LogP) is -0.408. The van der Waals surface area contributed by atoms with Gasteiger partial charge in [-0.05, 0) is 31.8 Å². The number of hydrogen-bond donors (Lipinski definition) is 3. The van der Waals surface area contributed by atoms with Gasteiger partial charge in [-0.15, -0.1) is 0 Å². The van der Waals surface area contributed by atoms with Crippen LogP contribution in [-0.2, 0) is 14.3 Å². The zero-order valence-corrected chi connectivity index (χ0v) is 10.1. The highest BCUT2D eigenvalue weighted by atomic mass is 16.5. The Morgan fingerprint density at radius 3 is 2.88 bits per heavy atom. The van der Waals surface area contributed by atoms with Crippen LogP contribution in [0, 0.1) is 5.92 Å². The van der Waals surface area contributed by atoms with Gasteiger partial charge in [-0.1, -0.05) is 0 Å². The molecule has 0 aromatic carbocycles. The van der Waals surface area contributed by atoms with Gasteiger partial charge < -0.3 is 20.5 Å². The number of rotatable bonds is 6. The Morgan fingerprint density at radius 1 is 1.59 bits per heavy atom. The molecule has 17 heavy (non-hydrogen) atoms. The van der Waals surface area contributed by atoms with Gasteiger partial charge in [-0.25, -0.2) is 4.79 Å². The Hall–Kier alpha value is -1.14. The number of nitrogens with one attached hydrogen (secondary N) is 2. The lowest BCUT2D eigenvalue weighted by molar-refractivity contribution is -0.148. The molecule has 1 saturated heterocycles. The van der Waals surface area contributed by atoms with Crippen LogP contribution in [0.15, 0.2) is 0 Å². The average molecular weight is 244 g/mol. The predicted molar refractivity (Wildman–Crippen MR) is 61.7 cm³/mol. The van der Waals surface area contributed by atoms with Gasteiger partial charge in [0.2, 0.25) is 5.91 Å². The quantitative estimate of drug-likeness (QED) is 0.591. The topological polar surface area (TPSA) is 87.7 Å². The minimum absolute atomic E-state index is 0.0187. The van der Waals surface area contributed by atoms with Crippen LogP contribution in [0.2, 0.25) is 0 Å². The molecule has 1 fully saturated rings. The molecule has 1 aliphatic heterocycles. The van der Waals surface area contributed by atoms with E-state index in [9.17, 15) is 9.59 Å². The number of ether oxygens (including phenoxy) is 1. The lowest BCUT2D eigenvalue weighted by atomic mass is 9.96. The minimum atomic E-state index is -1.06. The van der Waals surface area contributed by atoms with E-state index >= 15 is 0 Å². The lowest BCUT2D eigenvalue weighted by Gasteiger charge is -2.22. The highest BCUT2D eigenvalue weighted by Crippen LogP contribution is 2.13. The van der Waals surface area contributed by atoms with Gasteiger partial charge in [0.05, 0.1) is 6.54 Å². The molecule has 2 atom stereocenters. The summed E-state index contributed by atoms with van der Waals surface area (Å²) in [5, 5.41) is 14.5. The molecule has 3 N–H and O–H groups in total. The third-order valence-corrected chi connectivity index (χ3v) is 2.92. The first-order valence-electron chi connectivity index (χ1n) is 5.86. The van der Waals surface area contributed by atoms with Crippen LogP contribution in [0.3, 0.4) is 0 Å². The van der Waals surface area contributed by atoms with Crippen molar-refractivity contribution in [3.63, 3.8) is 0 Å². The number of piperidine rings is 1. The van der Waals surface area contributed by atoms with E-state index in [1.807, 2.05) is 0 Å². The van der Waals surface area contributed by atoms with Crippen LogP contribution >= 0.6 is 0 Å². The summed E-state index contributed by atoms with van der Waals surface area (Å²) in [5.74, 6) is -0.816. The maximum absolute atomic E-state index is 11.6. The van der Waals surface area contributed by atoms with Gasteiger partial charge in [0.1, 0.15) is 0 Å². The van der Waals surface area contributed by atoms with Gasteiger partial charge in [0.25, 0.3) is 0 Å². The molecule has 0 aromatic heterocycles. The van der Waals surface area contributed by atoms with Crippen molar-refractivity contribution in [3.8, 4) is 0 Å². The zero-order chi connectivity index (χ0) is 12.7. The van der Waals surface area contributed by atoms with Crippen LogP contribution in [0.25, 0.3) is 0 Å². The third kappa shape index (κ3) is 5.14. The minimum Gasteiger partial charge on any atom is -0.479 e. The molecule has 0 radical (unpaired) electrons. The van der Waals surface area contributed by atoms with E-state index in [1.165, 1.54) is 7.11 Å². The van der Waals surface area contributed by atoms with Crippen molar-refractivity contribution in [2.75, 3.05) is 26.7 Å². The summed E-state index contributed by atoms with van der Waals surface area (Å²) in [6.07, 6.45) is 1.62. The van der Waals surface area contributed by atoms with Crippen molar-refractivity contribution >= 4 is 11.9 Å². The van der Waals surface area contributed by atoms with Gasteiger partial charge in [0.15, 0.2) is 6.10 Å². The Balaban J connectivity index is 2.21. The van der Waals surface area contributed by atoms with E-state index in [4.69, 9.17) is 9.84 Å². The molecule has 0 aromatic rings. The SMILES string of the molecule is COC(CNC(=O)CC1CCCNC1)C(=O)O. The van der Waals surface area contributed by atoms with Crippen LogP contribution < -0.4 is 10.6 Å². The van der Waals surface area contributed by atoms with Gasteiger partial charge in [0, 0.05) is 13.5 Å². The summed E-state index contributed by atoms with van der Waals surface area (Å²) >= 11 is 0. The molecule has 6 nitrogen and oxygen atoms in total. The van der Waals surface area contributed by atoms with E-state index in [2.05, 4.69) is 10.6 Å². The van der Waals surface area contributed by atoms with E-state index in [1.54, 1.807) is 0 Å². The Morgan fingerprint density at radius 2 is 2.35 bits per heavy atom. The molecular weight excluding hydrogens is 224 g/mol. The van der Waals surface area contributed by atoms with E-state index in [0.29, 0.717) is 12.3 Å². The van der Waals surface area contributed by atoms with Crippen molar-refractivity contribution in [3.05, 3.63) is 0 Å². The second-order valence-electron chi connectivity index (χ2n) is 4.28. The van der Waals surface area contributed by atoms with Crippen molar-refractivity contribution in [2.45, 2.75) is 25.4 Å². The summed E-state index contributed by atoms with van der Waals surface area (Å²) in [7, 11) is 1.32. The van der Waals surface area contributed by atoms with Crippen molar-refractivity contribution in [1.82, 2.24) is 10.6 Å². The normalized spacial score (nSPS) is 21.8. The summed E-state index contributed by atoms with van der Waals surface area (Å²) < 4.78 is 4.73. The second-order valence-corrected chi connectivity index (χ2v) is 4.28. The smallest absolute Gasteiger partial charge is 0.334 e. The monoisotopic (exact) mass is 244 g/mol. The fourth-order valence-corrected chi connectivity index (χ4v) is 1.91. The first-order valence-corrected chi connectivity index (χ1v) is 5.86. The average Bonchev–Trinajstić information content (AvgIpc) is 2.30. The maximum atomic E-state index is 11.6. The Bertz CT molecular complexity index is 264. The van der Waals surface area contributed by atoms with Crippen LogP contribution in [0.4, 0.5) is 0 Å². The molecule has 6 heteroatoms. The second kappa shape index (κ2) is 7.24. The highest BCUT2D eigenvalue weighted by molar-refractivity contribution is 5.78. The third-order valence-electron chi connectivity index (χ3n) is 2.92. The Kier molecular flexibility index (Phi) is 5.93. The van der Waals surface area contributed by atoms with Crippen molar-refractivity contribution < 1.29 is 19.4 Å². The molecule has 98 valence electrons. The number of hydrogen-bond acceptors (Lipinski definition) is 4. The molecule has 0 saturated carbocycles. The van der Waals surface area contributed by atoms with Gasteiger partial charge in [-0.2, -0.15) is 0 Å². The standard InChI is InChI=1S/C11H20N2O4/c1-17-9(11(15)16)7-13-10(14)5-8-3-2-4-12-6-8/h8-9,12H,2-7H2,1H3,(H,13,14)(H,15,16). The molecule has 1 rings (SSSR count). The maximum Gasteiger partial charge on any atom is 0.334 e. The van der Waals surface area contributed by atoms with E-state index in [-0.39, 0.29) is 12.5 Å². The molecule has 1 aliphatic rings. The number of carboxylic acids is 1. The number of aliphatic carboxylic acids is 1. The summed E-state index contributed by atoms with van der Waals surface area (Å²) in [6.45, 7) is 1.90. The lowest BCUT2D eigenvalue weighted by Crippen LogP contribution is -2.39. The van der Waals surface area contributed by atoms with Crippen LogP contribution in [-0.4, -0.2) is 49.8 Å². The molecular formula is C11H20N2O4. The largest absolute Gasteiger partial charge is 0.479 e. The summed E-state index contributed by atoms with van der Waals surface area (Å²) in [4.78, 5) is 22.2. The van der Waals surface area contributed by atoms with Gasteiger partial charge in [-0.3, -0.25) is 4.79 Å². The van der Waals surface area contributed by atoms with E-state index < -0.39 is 12.1 Å². The fourth-order valence-electron chi connectivity index (χ4n) is 1.91. The van der Waals surface area contributed by atoms with E-state index in [0.717, 1.165) is 25.9 Å². The van der Waals surface area contributed by atoms with Crippen LogP contribution in [0.5, 0.6) is 0 Å². The number of carbonyl (C=O) groups is 2.